The summed E-state index contributed by atoms with van der Waals surface area (Å²) in [7, 11) is 0. The van der Waals surface area contributed by atoms with Gasteiger partial charge in [-0.05, 0) is 18.2 Å². The lowest BCUT2D eigenvalue weighted by Gasteiger charge is -2.42. The molecule has 1 atom stereocenters. The summed E-state index contributed by atoms with van der Waals surface area (Å²) in [5.74, 6) is -0.314. The molecule has 8 heteroatoms. The number of rotatable bonds is 1. The first-order valence-electron chi connectivity index (χ1n) is 7.31. The van der Waals surface area contributed by atoms with Crippen LogP contribution in [0.15, 0.2) is 24.3 Å². The second-order valence-electron chi connectivity index (χ2n) is 5.53. The van der Waals surface area contributed by atoms with E-state index in [0.29, 0.717) is 17.3 Å². The zero-order valence-corrected chi connectivity index (χ0v) is 13.1. The Morgan fingerprint density at radius 2 is 2.13 bits per heavy atom. The number of aromatic hydroxyl groups is 1. The van der Waals surface area contributed by atoms with E-state index in [0.717, 1.165) is 37.7 Å². The summed E-state index contributed by atoms with van der Waals surface area (Å²) in [6, 6.07) is 6.64. The van der Waals surface area contributed by atoms with Crippen LogP contribution in [0.5, 0.6) is 5.75 Å². The average molecular weight is 338 g/mol. The molecule has 0 bridgehead atoms. The number of halogens is 2. The number of para-hydroxylation sites is 1. The maximum atomic E-state index is 13.5. The molecule has 0 amide bonds. The van der Waals surface area contributed by atoms with Gasteiger partial charge < -0.3 is 20.6 Å². The van der Waals surface area contributed by atoms with Gasteiger partial charge in [-0.25, -0.2) is 4.39 Å². The van der Waals surface area contributed by atoms with Crippen LogP contribution in [0.1, 0.15) is 0 Å². The van der Waals surface area contributed by atoms with Crippen molar-refractivity contribution in [2.45, 2.75) is 6.04 Å². The number of nitrogens with one attached hydrogen (secondary N) is 2. The lowest BCUT2D eigenvalue weighted by molar-refractivity contribution is 0.434. The number of aromatic nitrogens is 2. The Kier molecular flexibility index (Phi) is 4.23. The highest BCUT2D eigenvalue weighted by molar-refractivity contribution is 5.85. The molecule has 1 aromatic heterocycles. The predicted molar refractivity (Wildman–Crippen MR) is 88.8 cm³/mol. The van der Waals surface area contributed by atoms with Crippen LogP contribution < -0.4 is 15.5 Å². The first-order chi connectivity index (χ1) is 10.7. The largest absolute Gasteiger partial charge is 0.504 e. The normalized spacial score (nSPS) is 19.2. The van der Waals surface area contributed by atoms with E-state index in [1.165, 1.54) is 6.07 Å². The van der Waals surface area contributed by atoms with Crippen molar-refractivity contribution in [3.8, 4) is 17.0 Å². The van der Waals surface area contributed by atoms with Gasteiger partial charge in [0.05, 0.1) is 17.4 Å². The average Bonchev–Trinajstić information content (AvgIpc) is 2.57. The number of anilines is 2. The minimum atomic E-state index is -0.657. The second kappa shape index (κ2) is 6.17. The zero-order chi connectivity index (χ0) is 15.1. The third kappa shape index (κ3) is 2.66. The highest BCUT2D eigenvalue weighted by Gasteiger charge is 2.29. The molecule has 1 fully saturated rings. The molecule has 3 heterocycles. The molecule has 1 saturated heterocycles. The molecule has 3 N–H and O–H groups in total. The van der Waals surface area contributed by atoms with Gasteiger partial charge >= 0.3 is 0 Å². The number of hydrogen-bond acceptors (Lipinski definition) is 6. The number of piperazine rings is 1. The highest BCUT2D eigenvalue weighted by atomic mass is 35.5. The monoisotopic (exact) mass is 337 g/mol. The van der Waals surface area contributed by atoms with Gasteiger partial charge in [0.2, 0.25) is 0 Å². The summed E-state index contributed by atoms with van der Waals surface area (Å²) in [6.07, 6.45) is 0. The van der Waals surface area contributed by atoms with Crippen molar-refractivity contribution in [2.75, 3.05) is 36.4 Å². The Bertz CT molecular complexity index is 729. The molecule has 1 aromatic carbocycles. The number of phenols is 1. The van der Waals surface area contributed by atoms with Gasteiger partial charge in [0, 0.05) is 31.7 Å². The van der Waals surface area contributed by atoms with Crippen molar-refractivity contribution in [1.29, 1.82) is 0 Å². The van der Waals surface area contributed by atoms with Crippen LogP contribution >= 0.6 is 12.4 Å². The second-order valence-corrected chi connectivity index (χ2v) is 5.53. The molecular weight excluding hydrogens is 321 g/mol. The van der Waals surface area contributed by atoms with E-state index in [4.69, 9.17) is 0 Å². The molecule has 0 spiro atoms. The number of benzene rings is 1. The van der Waals surface area contributed by atoms with Crippen LogP contribution in [-0.4, -0.2) is 47.5 Å². The number of nitrogens with zero attached hydrogens (tertiary/aromatic N) is 3. The van der Waals surface area contributed by atoms with Crippen molar-refractivity contribution in [2.24, 2.45) is 0 Å². The standard InChI is InChI=1S/C15H16FN5O.ClH/c16-11-3-1-2-10(14(11)22)12-6-13-15(20-19-12)18-8-9-7-17-4-5-21(9)13;/h1-3,6,9,17,22H,4-5,7-8H2,(H,18,20);1H/t9-;/m1./s1. The Balaban J connectivity index is 0.00000156. The molecule has 6 nitrogen and oxygen atoms in total. The lowest BCUT2D eigenvalue weighted by Crippen LogP contribution is -2.56. The number of fused-ring (bicyclic) bond motifs is 3. The van der Waals surface area contributed by atoms with Gasteiger partial charge in [-0.1, -0.05) is 6.07 Å². The summed E-state index contributed by atoms with van der Waals surface area (Å²) in [5, 5.41) is 24.9. The molecule has 0 aliphatic carbocycles. The van der Waals surface area contributed by atoms with Gasteiger partial charge in [0.1, 0.15) is 0 Å². The molecule has 0 saturated carbocycles. The predicted octanol–water partition coefficient (Wildman–Crippen LogP) is 1.61. The van der Waals surface area contributed by atoms with E-state index in [1.54, 1.807) is 12.1 Å². The summed E-state index contributed by atoms with van der Waals surface area (Å²) in [4.78, 5) is 2.29. The third-order valence-corrected chi connectivity index (χ3v) is 4.20. The lowest BCUT2D eigenvalue weighted by atomic mass is 10.1. The van der Waals surface area contributed by atoms with E-state index in [2.05, 4.69) is 25.7 Å². The SMILES string of the molecule is Cl.Oc1c(F)cccc1-c1cc2c(nn1)NC[C@H]1CNCCN21. The van der Waals surface area contributed by atoms with Gasteiger partial charge in [-0.3, -0.25) is 0 Å². The summed E-state index contributed by atoms with van der Waals surface area (Å²) in [5.41, 5.74) is 1.77. The fraction of sp³-hybridized carbons (Fsp3) is 0.333. The van der Waals surface area contributed by atoms with Crippen molar-refractivity contribution in [1.82, 2.24) is 15.5 Å². The Morgan fingerprint density at radius 1 is 1.26 bits per heavy atom. The van der Waals surface area contributed by atoms with Crippen molar-refractivity contribution in [3.05, 3.63) is 30.1 Å². The van der Waals surface area contributed by atoms with E-state index in [-0.39, 0.29) is 12.4 Å². The maximum absolute atomic E-state index is 13.5. The van der Waals surface area contributed by atoms with E-state index >= 15 is 0 Å². The minimum Gasteiger partial charge on any atom is -0.504 e. The van der Waals surface area contributed by atoms with Crippen LogP contribution in [0.3, 0.4) is 0 Å². The molecular formula is C15H17ClFN5O. The first kappa shape index (κ1) is 15.8. The molecule has 0 radical (unpaired) electrons. The minimum absolute atomic E-state index is 0. The van der Waals surface area contributed by atoms with Crippen LogP contribution in [0.4, 0.5) is 15.9 Å². The smallest absolute Gasteiger partial charge is 0.172 e. The maximum Gasteiger partial charge on any atom is 0.172 e. The van der Waals surface area contributed by atoms with Crippen molar-refractivity contribution in [3.63, 3.8) is 0 Å². The van der Waals surface area contributed by atoms with Gasteiger partial charge in [0.15, 0.2) is 17.4 Å². The van der Waals surface area contributed by atoms with E-state index < -0.39 is 11.6 Å². The Hall–Kier alpha value is -2.12. The zero-order valence-electron chi connectivity index (χ0n) is 12.3. The molecule has 4 rings (SSSR count). The van der Waals surface area contributed by atoms with Crippen LogP contribution in [0, 0.1) is 5.82 Å². The van der Waals surface area contributed by atoms with Gasteiger partial charge in [-0.2, -0.15) is 0 Å². The van der Waals surface area contributed by atoms with Crippen molar-refractivity contribution >= 4 is 23.9 Å². The van der Waals surface area contributed by atoms with E-state index in [1.807, 2.05) is 6.07 Å². The molecule has 122 valence electrons. The van der Waals surface area contributed by atoms with Crippen LogP contribution in [0.25, 0.3) is 11.3 Å². The van der Waals surface area contributed by atoms with Gasteiger partial charge in [0.25, 0.3) is 0 Å². The van der Waals surface area contributed by atoms with Gasteiger partial charge in [-0.15, -0.1) is 22.6 Å². The molecule has 2 aromatic rings. The summed E-state index contributed by atoms with van der Waals surface area (Å²) >= 11 is 0. The fourth-order valence-corrected chi connectivity index (χ4v) is 3.06. The third-order valence-electron chi connectivity index (χ3n) is 4.20. The van der Waals surface area contributed by atoms with Crippen LogP contribution in [0.2, 0.25) is 0 Å². The molecule has 0 unspecified atom stereocenters. The summed E-state index contributed by atoms with van der Waals surface area (Å²) < 4.78 is 13.5. The number of hydrogen-bond donors (Lipinski definition) is 3. The molecule has 23 heavy (non-hydrogen) atoms. The Morgan fingerprint density at radius 3 is 3.00 bits per heavy atom. The quantitative estimate of drug-likeness (QED) is 0.734. The summed E-state index contributed by atoms with van der Waals surface area (Å²) in [6.45, 7) is 3.53. The molecule has 2 aliphatic rings. The fourth-order valence-electron chi connectivity index (χ4n) is 3.06. The van der Waals surface area contributed by atoms with Crippen molar-refractivity contribution < 1.29 is 9.50 Å². The number of phenolic OH excluding ortho intramolecular Hbond substituents is 1. The molecule has 2 aliphatic heterocycles. The topological polar surface area (TPSA) is 73.3 Å². The van der Waals surface area contributed by atoms with Crippen LogP contribution in [-0.2, 0) is 0 Å². The Labute approximate surface area is 139 Å². The highest BCUT2D eigenvalue weighted by Crippen LogP contribution is 2.36. The van der Waals surface area contributed by atoms with E-state index in [9.17, 15) is 9.50 Å². The first-order valence-corrected chi connectivity index (χ1v) is 7.31.